The highest BCUT2D eigenvalue weighted by molar-refractivity contribution is 6.03. The third-order valence-electron chi connectivity index (χ3n) is 4.06. The van der Waals surface area contributed by atoms with Gasteiger partial charge in [0.15, 0.2) is 0 Å². The van der Waals surface area contributed by atoms with E-state index in [1.807, 2.05) is 0 Å². The molecule has 0 aromatic heterocycles. The number of nitrogens with one attached hydrogen (secondary N) is 1. The van der Waals surface area contributed by atoms with Gasteiger partial charge < -0.3 is 25.0 Å². The fraction of sp³-hybridized carbons (Fsp3) is 0.762. The average Bonchev–Trinajstić information content (AvgIpc) is 2.55. The van der Waals surface area contributed by atoms with Crippen molar-refractivity contribution in [1.82, 2.24) is 10.2 Å². The molecule has 0 bridgehead atoms. The largest absolute Gasteiger partial charge is 0.478 e. The lowest BCUT2D eigenvalue weighted by Gasteiger charge is -2.36. The fourth-order valence-corrected chi connectivity index (χ4v) is 2.55. The lowest BCUT2D eigenvalue weighted by Crippen LogP contribution is -2.63. The van der Waals surface area contributed by atoms with Crippen LogP contribution in [0.5, 0.6) is 0 Å². The highest BCUT2D eigenvalue weighted by Gasteiger charge is 2.48. The normalized spacial score (nSPS) is 15.4. The third kappa shape index (κ3) is 8.81. The van der Waals surface area contributed by atoms with E-state index in [2.05, 4.69) is 5.32 Å². The quantitative estimate of drug-likeness (QED) is 0.343. The Bertz CT molecular complexity index is 723. The number of carboxylic acids is 1. The van der Waals surface area contributed by atoms with Crippen molar-refractivity contribution in [3.8, 4) is 0 Å². The third-order valence-corrected chi connectivity index (χ3v) is 4.06. The predicted molar refractivity (Wildman–Crippen MR) is 113 cm³/mol. The Kier molecular flexibility index (Phi) is 10.3. The number of esters is 1. The van der Waals surface area contributed by atoms with Crippen LogP contribution >= 0.6 is 0 Å². The molecule has 0 aliphatic rings. The molecule has 32 heavy (non-hydrogen) atoms. The number of rotatable bonds is 9. The van der Waals surface area contributed by atoms with E-state index in [9.17, 15) is 34.2 Å². The van der Waals surface area contributed by atoms with Gasteiger partial charge in [0.25, 0.3) is 5.91 Å². The van der Waals surface area contributed by atoms with Crippen LogP contribution in [-0.2, 0) is 28.7 Å². The van der Waals surface area contributed by atoms with Gasteiger partial charge in [-0.1, -0.05) is 27.7 Å². The molecule has 0 aromatic carbocycles. The maximum Gasteiger partial charge on any atom is 0.408 e. The Morgan fingerprint density at radius 3 is 1.84 bits per heavy atom. The molecule has 3 N–H and O–H groups in total. The SMILES string of the molecule is CC(C)CC(=O)N(C(=O)[C@H](C)NC(=O)OC(C)(C)C)[C@@](C)(O)C(=O)O[C@H](C(=O)O)C(C)C. The number of imide groups is 1. The van der Waals surface area contributed by atoms with Gasteiger partial charge in [-0.05, 0) is 40.5 Å². The summed E-state index contributed by atoms with van der Waals surface area (Å²) in [6.07, 6.45) is -2.76. The van der Waals surface area contributed by atoms with Crippen molar-refractivity contribution < 1.29 is 43.7 Å². The van der Waals surface area contributed by atoms with Crippen LogP contribution in [-0.4, -0.2) is 68.4 Å². The molecule has 0 spiro atoms. The summed E-state index contributed by atoms with van der Waals surface area (Å²) in [7, 11) is 0. The second-order valence-corrected chi connectivity index (χ2v) is 9.46. The molecule has 0 saturated carbocycles. The molecule has 0 aromatic rings. The second-order valence-electron chi connectivity index (χ2n) is 9.46. The second kappa shape index (κ2) is 11.3. The number of alkyl carbamates (subject to hydrolysis) is 1. The highest BCUT2D eigenvalue weighted by atomic mass is 16.6. The zero-order valence-electron chi connectivity index (χ0n) is 20.2. The highest BCUT2D eigenvalue weighted by Crippen LogP contribution is 2.21. The molecule has 3 atom stereocenters. The van der Waals surface area contributed by atoms with E-state index >= 15 is 0 Å². The summed E-state index contributed by atoms with van der Waals surface area (Å²) in [4.78, 5) is 62.1. The molecule has 11 heteroatoms. The van der Waals surface area contributed by atoms with Crippen molar-refractivity contribution in [2.75, 3.05) is 0 Å². The van der Waals surface area contributed by atoms with Crippen LogP contribution in [0.2, 0.25) is 0 Å². The maximum atomic E-state index is 13.0. The summed E-state index contributed by atoms with van der Waals surface area (Å²) < 4.78 is 9.98. The molecular formula is C21H36N2O9. The van der Waals surface area contributed by atoms with E-state index in [1.165, 1.54) is 20.8 Å². The van der Waals surface area contributed by atoms with Crippen LogP contribution in [0.3, 0.4) is 0 Å². The van der Waals surface area contributed by atoms with Gasteiger partial charge in [-0.15, -0.1) is 0 Å². The molecule has 0 fully saturated rings. The van der Waals surface area contributed by atoms with Gasteiger partial charge in [-0.3, -0.25) is 9.59 Å². The van der Waals surface area contributed by atoms with E-state index in [-0.39, 0.29) is 17.2 Å². The zero-order chi connectivity index (χ0) is 25.6. The summed E-state index contributed by atoms with van der Waals surface area (Å²) in [6.45, 7) is 13.3. The average molecular weight is 461 g/mol. The number of aliphatic carboxylic acids is 1. The van der Waals surface area contributed by atoms with Gasteiger partial charge in [0.05, 0.1) is 0 Å². The smallest absolute Gasteiger partial charge is 0.408 e. The van der Waals surface area contributed by atoms with Crippen LogP contribution < -0.4 is 5.32 Å². The van der Waals surface area contributed by atoms with Crippen molar-refractivity contribution in [3.05, 3.63) is 0 Å². The van der Waals surface area contributed by atoms with Gasteiger partial charge in [-0.25, -0.2) is 19.3 Å². The first-order chi connectivity index (χ1) is 14.3. The molecule has 0 rings (SSSR count). The molecule has 0 saturated heterocycles. The first-order valence-corrected chi connectivity index (χ1v) is 10.3. The Morgan fingerprint density at radius 1 is 0.969 bits per heavy atom. The van der Waals surface area contributed by atoms with Crippen LogP contribution in [0.4, 0.5) is 4.79 Å². The fourth-order valence-electron chi connectivity index (χ4n) is 2.55. The minimum atomic E-state index is -2.82. The topological polar surface area (TPSA) is 160 Å². The molecule has 0 unspecified atom stereocenters. The van der Waals surface area contributed by atoms with Gasteiger partial charge in [0.1, 0.15) is 11.6 Å². The van der Waals surface area contributed by atoms with Gasteiger partial charge in [0.2, 0.25) is 17.7 Å². The number of carbonyl (C=O) groups is 5. The first-order valence-electron chi connectivity index (χ1n) is 10.3. The molecule has 3 amide bonds. The molecular weight excluding hydrogens is 424 g/mol. The van der Waals surface area contributed by atoms with Crippen molar-refractivity contribution in [3.63, 3.8) is 0 Å². The summed E-state index contributed by atoms with van der Waals surface area (Å²) in [5, 5.41) is 22.3. The van der Waals surface area contributed by atoms with E-state index in [0.717, 1.165) is 6.92 Å². The first kappa shape index (κ1) is 29.3. The minimum absolute atomic E-state index is 0.207. The predicted octanol–water partition coefficient (Wildman–Crippen LogP) is 1.66. The Labute approximate surface area is 188 Å². The molecule has 11 nitrogen and oxygen atoms in total. The number of aliphatic hydroxyl groups is 1. The summed E-state index contributed by atoms with van der Waals surface area (Å²) >= 11 is 0. The Hall–Kier alpha value is -2.69. The Balaban J connectivity index is 5.93. The monoisotopic (exact) mass is 460 g/mol. The van der Waals surface area contributed by atoms with Crippen molar-refractivity contribution in [2.24, 2.45) is 11.8 Å². The van der Waals surface area contributed by atoms with Gasteiger partial charge >= 0.3 is 18.0 Å². The van der Waals surface area contributed by atoms with Crippen LogP contribution in [0.15, 0.2) is 0 Å². The molecule has 0 heterocycles. The van der Waals surface area contributed by atoms with E-state index in [4.69, 9.17) is 9.47 Å². The van der Waals surface area contributed by atoms with Crippen LogP contribution in [0.1, 0.15) is 68.7 Å². The molecule has 0 aliphatic heterocycles. The van der Waals surface area contributed by atoms with Crippen molar-refractivity contribution >= 4 is 29.8 Å². The van der Waals surface area contributed by atoms with Crippen LogP contribution in [0, 0.1) is 11.8 Å². The molecule has 0 aliphatic carbocycles. The lowest BCUT2D eigenvalue weighted by molar-refractivity contribution is -0.202. The number of hydrogen-bond donors (Lipinski definition) is 3. The summed E-state index contributed by atoms with van der Waals surface area (Å²) in [6, 6.07) is -1.36. The summed E-state index contributed by atoms with van der Waals surface area (Å²) in [5.41, 5.74) is -3.67. The zero-order valence-corrected chi connectivity index (χ0v) is 20.2. The number of carboxylic acid groups (broad SMARTS) is 1. The van der Waals surface area contributed by atoms with E-state index in [0.29, 0.717) is 0 Å². The van der Waals surface area contributed by atoms with Crippen molar-refractivity contribution in [1.29, 1.82) is 0 Å². The van der Waals surface area contributed by atoms with E-state index < -0.39 is 59.2 Å². The van der Waals surface area contributed by atoms with Crippen molar-refractivity contribution in [2.45, 2.75) is 92.2 Å². The van der Waals surface area contributed by atoms with Crippen LogP contribution in [0.25, 0.3) is 0 Å². The van der Waals surface area contributed by atoms with E-state index in [1.54, 1.807) is 34.6 Å². The lowest BCUT2D eigenvalue weighted by atomic mass is 10.1. The Morgan fingerprint density at radius 2 is 1.47 bits per heavy atom. The maximum absolute atomic E-state index is 13.0. The molecule has 0 radical (unpaired) electrons. The standard InChI is InChI=1S/C21H36N2O9/c1-11(2)10-14(24)23(16(25)13(5)22-19(29)32-20(6,7)8)21(9,30)18(28)31-15(12(3)4)17(26)27/h11-13,15,30H,10H2,1-9H3,(H,22,29)(H,26,27)/t13-,15-,21-/m0/s1. The van der Waals surface area contributed by atoms with Gasteiger partial charge in [-0.2, -0.15) is 0 Å². The number of hydrogen-bond acceptors (Lipinski definition) is 8. The number of amides is 3. The van der Waals surface area contributed by atoms with Gasteiger partial charge in [0, 0.05) is 12.3 Å². The summed E-state index contributed by atoms with van der Waals surface area (Å²) in [5.74, 6) is -5.82. The minimum Gasteiger partial charge on any atom is -0.478 e. The number of carbonyl (C=O) groups excluding carboxylic acids is 4. The number of nitrogens with zero attached hydrogens (tertiary/aromatic N) is 1. The number of ether oxygens (including phenoxy) is 2. The molecule has 184 valence electrons.